The molecule has 2 aromatic heterocycles. The number of benzene rings is 1. The smallest absolute Gasteiger partial charge is 0.379 e. The molecule has 1 saturated heterocycles. The minimum absolute atomic E-state index is 0.0356. The number of anilines is 2. The molecule has 0 radical (unpaired) electrons. The number of Topliss-reactive ketones (excluding diaryl/α,β-unsaturated/α-hetero) is 1. The second kappa shape index (κ2) is 13.7. The van der Waals surface area contributed by atoms with Crippen LogP contribution >= 0.6 is 34.5 Å². The zero-order valence-electron chi connectivity index (χ0n) is 21.1. The Morgan fingerprint density at radius 3 is 2.65 bits per heavy atom. The van der Waals surface area contributed by atoms with Crippen molar-refractivity contribution in [1.82, 2.24) is 19.9 Å². The summed E-state index contributed by atoms with van der Waals surface area (Å²) in [7, 11) is 0. The molecule has 0 atom stereocenters. The van der Waals surface area contributed by atoms with Crippen LogP contribution in [0.2, 0.25) is 10.0 Å². The van der Waals surface area contributed by atoms with Gasteiger partial charge in [0.1, 0.15) is 27.7 Å². The van der Waals surface area contributed by atoms with Gasteiger partial charge in [0.05, 0.1) is 35.0 Å². The van der Waals surface area contributed by atoms with Gasteiger partial charge in [-0.05, 0) is 31.2 Å². The van der Waals surface area contributed by atoms with Crippen LogP contribution in [0.5, 0.6) is 0 Å². The maximum atomic E-state index is 13.1. The lowest BCUT2D eigenvalue weighted by Gasteiger charge is -2.26. The van der Waals surface area contributed by atoms with E-state index in [1.807, 2.05) is 0 Å². The fourth-order valence-corrected chi connectivity index (χ4v) is 5.21. The number of hydrogen-bond donors (Lipinski definition) is 2. The van der Waals surface area contributed by atoms with E-state index in [-0.39, 0.29) is 39.9 Å². The lowest BCUT2D eigenvalue weighted by atomic mass is 10.1. The summed E-state index contributed by atoms with van der Waals surface area (Å²) in [5, 5.41) is 5.73. The fraction of sp³-hybridized carbons (Fsp3) is 0.400. The second-order valence-electron chi connectivity index (χ2n) is 8.81. The van der Waals surface area contributed by atoms with Crippen LogP contribution in [0.25, 0.3) is 0 Å². The molecule has 3 heterocycles. The first-order valence-corrected chi connectivity index (χ1v) is 13.9. The van der Waals surface area contributed by atoms with Crippen LogP contribution < -0.4 is 10.6 Å². The number of amides is 1. The van der Waals surface area contributed by atoms with Gasteiger partial charge < -0.3 is 15.4 Å². The van der Waals surface area contributed by atoms with Crippen molar-refractivity contribution in [2.45, 2.75) is 25.4 Å². The molecule has 1 amide bonds. The Balaban J connectivity index is 1.29. The molecule has 0 bridgehead atoms. The summed E-state index contributed by atoms with van der Waals surface area (Å²) >= 11 is 13.1. The van der Waals surface area contributed by atoms with E-state index in [2.05, 4.69) is 30.5 Å². The van der Waals surface area contributed by atoms with Gasteiger partial charge in [0.2, 0.25) is 0 Å². The second-order valence-corrected chi connectivity index (χ2v) is 10.7. The highest BCUT2D eigenvalue weighted by Crippen LogP contribution is 2.36. The van der Waals surface area contributed by atoms with Gasteiger partial charge in [-0.15, -0.1) is 11.3 Å². The van der Waals surface area contributed by atoms with Gasteiger partial charge in [0.15, 0.2) is 5.78 Å². The van der Waals surface area contributed by atoms with Crippen LogP contribution in [0.15, 0.2) is 30.7 Å². The third-order valence-electron chi connectivity index (χ3n) is 5.97. The summed E-state index contributed by atoms with van der Waals surface area (Å²) in [4.78, 5) is 40.2. The molecule has 4 rings (SSSR count). The Bertz CT molecular complexity index is 1350. The van der Waals surface area contributed by atoms with Crippen molar-refractivity contribution in [2.24, 2.45) is 0 Å². The molecule has 3 aromatic rings. The monoisotopic (exact) mass is 616 g/mol. The van der Waals surface area contributed by atoms with Crippen molar-refractivity contribution in [3.63, 3.8) is 0 Å². The van der Waals surface area contributed by atoms with Crippen LogP contribution in [0.3, 0.4) is 0 Å². The number of morpholine rings is 1. The SMILES string of the molecule is O=C(Nc1ccc(Cl)c(C(F)(F)F)c1)c1cnc(CCC(=O)c2ncnc(NCCCN3CCOCC3)c2Cl)s1. The molecule has 15 heteroatoms. The number of thiazole rings is 1. The highest BCUT2D eigenvalue weighted by molar-refractivity contribution is 7.13. The lowest BCUT2D eigenvalue weighted by Crippen LogP contribution is -2.37. The summed E-state index contributed by atoms with van der Waals surface area (Å²) in [6, 6.07) is 3.10. The number of ketones is 1. The van der Waals surface area contributed by atoms with Crippen LogP contribution in [-0.2, 0) is 17.3 Å². The number of nitrogens with one attached hydrogen (secondary N) is 2. The van der Waals surface area contributed by atoms with Gasteiger partial charge in [-0.3, -0.25) is 14.5 Å². The van der Waals surface area contributed by atoms with E-state index in [1.54, 1.807) is 0 Å². The number of carbonyl (C=O) groups is 2. The maximum absolute atomic E-state index is 13.1. The molecule has 0 aliphatic carbocycles. The van der Waals surface area contributed by atoms with Crippen molar-refractivity contribution in [2.75, 3.05) is 50.0 Å². The van der Waals surface area contributed by atoms with Gasteiger partial charge >= 0.3 is 6.18 Å². The van der Waals surface area contributed by atoms with Gasteiger partial charge in [-0.1, -0.05) is 23.2 Å². The summed E-state index contributed by atoms with van der Waals surface area (Å²) < 4.78 is 44.6. The van der Waals surface area contributed by atoms with E-state index >= 15 is 0 Å². The van der Waals surface area contributed by atoms with Gasteiger partial charge in [0.25, 0.3) is 5.91 Å². The summed E-state index contributed by atoms with van der Waals surface area (Å²) in [6.07, 6.45) is -0.959. The van der Waals surface area contributed by atoms with Gasteiger partial charge in [-0.2, -0.15) is 13.2 Å². The van der Waals surface area contributed by atoms with E-state index in [0.717, 1.165) is 62.7 Å². The zero-order valence-corrected chi connectivity index (χ0v) is 23.4. The normalized spacial score (nSPS) is 14.2. The van der Waals surface area contributed by atoms with E-state index in [4.69, 9.17) is 27.9 Å². The highest BCUT2D eigenvalue weighted by Gasteiger charge is 2.33. The molecule has 0 spiro atoms. The molecule has 40 heavy (non-hydrogen) atoms. The van der Waals surface area contributed by atoms with Crippen molar-refractivity contribution >= 4 is 57.7 Å². The highest BCUT2D eigenvalue weighted by atomic mass is 35.5. The van der Waals surface area contributed by atoms with E-state index in [9.17, 15) is 22.8 Å². The first-order chi connectivity index (χ1) is 19.1. The number of aryl methyl sites for hydroxylation is 1. The van der Waals surface area contributed by atoms with Gasteiger partial charge in [-0.25, -0.2) is 15.0 Å². The molecule has 214 valence electrons. The average molecular weight is 617 g/mol. The summed E-state index contributed by atoms with van der Waals surface area (Å²) in [5.74, 6) is -0.564. The minimum Gasteiger partial charge on any atom is -0.379 e. The van der Waals surface area contributed by atoms with Crippen LogP contribution in [-0.4, -0.2) is 70.9 Å². The van der Waals surface area contributed by atoms with E-state index < -0.39 is 22.7 Å². The van der Waals surface area contributed by atoms with E-state index in [0.29, 0.717) is 17.4 Å². The topological polar surface area (TPSA) is 109 Å². The number of aromatic nitrogens is 3. The number of ether oxygens (including phenoxy) is 1. The number of carbonyl (C=O) groups excluding carboxylic acids is 2. The third kappa shape index (κ3) is 8.10. The predicted octanol–water partition coefficient (Wildman–Crippen LogP) is 5.46. The minimum atomic E-state index is -4.66. The lowest BCUT2D eigenvalue weighted by molar-refractivity contribution is -0.137. The molecule has 1 aliphatic heterocycles. The van der Waals surface area contributed by atoms with E-state index in [1.165, 1.54) is 18.6 Å². The first kappa shape index (κ1) is 30.1. The molecule has 2 N–H and O–H groups in total. The summed E-state index contributed by atoms with van der Waals surface area (Å²) in [6.45, 7) is 4.82. The molecule has 1 aliphatic rings. The Morgan fingerprint density at radius 1 is 1.12 bits per heavy atom. The molecule has 9 nitrogen and oxygen atoms in total. The number of rotatable bonds is 11. The predicted molar refractivity (Wildman–Crippen MR) is 147 cm³/mol. The largest absolute Gasteiger partial charge is 0.417 e. The Morgan fingerprint density at radius 2 is 1.90 bits per heavy atom. The van der Waals surface area contributed by atoms with Crippen molar-refractivity contribution in [1.29, 1.82) is 0 Å². The average Bonchev–Trinajstić information content (AvgIpc) is 3.41. The molecular formula is C25H25Cl2F3N6O3S. The number of alkyl halides is 3. The quantitative estimate of drug-likeness (QED) is 0.216. The van der Waals surface area contributed by atoms with Crippen LogP contribution in [0.4, 0.5) is 24.7 Å². The standard InChI is InChI=1S/C25H25Cl2F3N6O3S/c26-17-3-2-15(12-16(17)25(28,29)30)35-24(38)19-13-32-20(40-19)5-4-18(37)22-21(27)23(34-14-33-22)31-6-1-7-36-8-10-39-11-9-36/h2-3,12-14H,1,4-11H2,(H,35,38)(H,31,33,34). The van der Waals surface area contributed by atoms with Crippen LogP contribution in [0.1, 0.15) is 43.6 Å². The Kier molecular flexibility index (Phi) is 10.3. The third-order valence-corrected chi connectivity index (χ3v) is 7.72. The zero-order chi connectivity index (χ0) is 28.7. The fourth-order valence-electron chi connectivity index (χ4n) is 3.90. The number of hydrogen-bond acceptors (Lipinski definition) is 9. The Labute approximate surface area is 242 Å². The van der Waals surface area contributed by atoms with Gasteiger partial charge in [0, 0.05) is 38.2 Å². The molecule has 0 saturated carbocycles. The molecule has 1 fully saturated rings. The van der Waals surface area contributed by atoms with Crippen molar-refractivity contribution < 1.29 is 27.5 Å². The molecule has 0 unspecified atom stereocenters. The number of halogens is 5. The number of nitrogens with zero attached hydrogens (tertiary/aromatic N) is 4. The molecule has 1 aromatic carbocycles. The maximum Gasteiger partial charge on any atom is 0.417 e. The van der Waals surface area contributed by atoms with Crippen molar-refractivity contribution in [3.8, 4) is 0 Å². The molecular weight excluding hydrogens is 592 g/mol. The summed E-state index contributed by atoms with van der Waals surface area (Å²) in [5.41, 5.74) is -1.02. The van der Waals surface area contributed by atoms with Crippen molar-refractivity contribution in [3.05, 3.63) is 61.9 Å². The first-order valence-electron chi connectivity index (χ1n) is 12.3. The Hall–Kier alpha value is -2.84. The van der Waals surface area contributed by atoms with Crippen LogP contribution in [0, 0.1) is 0 Å².